The molecule has 4 rings (SSSR count). The molecule has 3 N–H and O–H groups in total. The maximum atomic E-state index is 12.9. The number of aromatic nitrogens is 2. The minimum absolute atomic E-state index is 0.0262. The summed E-state index contributed by atoms with van der Waals surface area (Å²) in [4.78, 5) is 23.9. The predicted molar refractivity (Wildman–Crippen MR) is 134 cm³/mol. The van der Waals surface area contributed by atoms with E-state index in [0.29, 0.717) is 6.42 Å². The van der Waals surface area contributed by atoms with Gasteiger partial charge in [0, 0.05) is 19.0 Å². The number of carbonyl (C=O) groups is 2. The summed E-state index contributed by atoms with van der Waals surface area (Å²) in [5.74, 6) is -0.237. The molecule has 1 atom stereocenters. The van der Waals surface area contributed by atoms with Gasteiger partial charge in [0.15, 0.2) is 0 Å². The van der Waals surface area contributed by atoms with Crippen LogP contribution in [0.1, 0.15) is 24.1 Å². The third-order valence-electron chi connectivity index (χ3n) is 5.66. The van der Waals surface area contributed by atoms with Crippen LogP contribution in [0.25, 0.3) is 11.1 Å². The molecule has 0 fully saturated rings. The molecule has 8 nitrogen and oxygen atoms in total. The van der Waals surface area contributed by atoms with Crippen molar-refractivity contribution in [1.29, 1.82) is 0 Å². The van der Waals surface area contributed by atoms with E-state index in [-0.39, 0.29) is 30.1 Å². The molecule has 0 unspecified atom stereocenters. The summed E-state index contributed by atoms with van der Waals surface area (Å²) in [6.07, 6.45) is -2.59. The SMILES string of the molecule is CC(=O)NC[C@H](Cc1ccc(-c2ccccc2)cc1)[n+]1cc(NC(=O)Nc2cccc(C(F)(F)F)c2)on1. The highest BCUT2D eigenvalue weighted by molar-refractivity contribution is 5.98. The summed E-state index contributed by atoms with van der Waals surface area (Å²) in [5.41, 5.74) is 2.24. The molecule has 3 amide bonds. The quantitative estimate of drug-likeness (QED) is 0.276. The monoisotopic (exact) mass is 524 g/mol. The zero-order valence-electron chi connectivity index (χ0n) is 20.3. The predicted octanol–water partition coefficient (Wildman–Crippen LogP) is 5.21. The van der Waals surface area contributed by atoms with Crippen molar-refractivity contribution in [1.82, 2.24) is 10.6 Å². The van der Waals surface area contributed by atoms with E-state index >= 15 is 0 Å². The first kappa shape index (κ1) is 26.4. The Morgan fingerprint density at radius 3 is 2.34 bits per heavy atom. The number of halogens is 3. The number of alkyl halides is 3. The van der Waals surface area contributed by atoms with E-state index in [1.54, 1.807) is 0 Å². The fourth-order valence-electron chi connectivity index (χ4n) is 3.79. The Kier molecular flexibility index (Phi) is 8.05. The standard InChI is InChI=1S/C27H24F3N5O3/c1-18(36)31-16-24(14-19-10-12-21(13-11-19)20-6-3-2-4-7-20)35-17-25(38-34-35)33-26(37)32-23-9-5-8-22(15-23)27(28,29)30/h2-13,15,17,24H,14,16H2,1H3,(H2-,31,32,33,34,36,37)/p+1/t24-/m0/s1. The van der Waals surface area contributed by atoms with Gasteiger partial charge in [-0.25, -0.2) is 4.79 Å². The second-order valence-corrected chi connectivity index (χ2v) is 8.56. The second kappa shape index (κ2) is 11.6. The number of urea groups is 1. The average Bonchev–Trinajstić information content (AvgIpc) is 3.35. The molecule has 196 valence electrons. The lowest BCUT2D eigenvalue weighted by atomic mass is 10.0. The van der Waals surface area contributed by atoms with Crippen LogP contribution in [0.15, 0.2) is 89.6 Å². The number of rotatable bonds is 8. The van der Waals surface area contributed by atoms with Crippen molar-refractivity contribution in [3.05, 3.63) is 96.2 Å². The Morgan fingerprint density at radius 2 is 1.66 bits per heavy atom. The van der Waals surface area contributed by atoms with Gasteiger partial charge in [0.1, 0.15) is 0 Å². The zero-order chi connectivity index (χ0) is 27.1. The molecule has 0 aliphatic carbocycles. The molecular formula is C27H25F3N5O3+. The molecule has 0 aliphatic heterocycles. The Morgan fingerprint density at radius 1 is 0.947 bits per heavy atom. The fourth-order valence-corrected chi connectivity index (χ4v) is 3.79. The number of nitrogens with zero attached hydrogens (tertiary/aromatic N) is 2. The first-order chi connectivity index (χ1) is 18.2. The van der Waals surface area contributed by atoms with Gasteiger partial charge in [0.2, 0.25) is 17.2 Å². The van der Waals surface area contributed by atoms with Gasteiger partial charge in [0.25, 0.3) is 6.20 Å². The third kappa shape index (κ3) is 7.19. The summed E-state index contributed by atoms with van der Waals surface area (Å²) in [6, 6.07) is 21.1. The molecular weight excluding hydrogens is 499 g/mol. The van der Waals surface area contributed by atoms with Gasteiger partial charge in [-0.05, 0) is 39.6 Å². The number of amides is 3. The number of carbonyl (C=O) groups excluding carboxylic acids is 2. The number of hydrogen-bond acceptors (Lipinski definition) is 4. The maximum Gasteiger partial charge on any atom is 0.416 e. The maximum absolute atomic E-state index is 12.9. The first-order valence-corrected chi connectivity index (χ1v) is 11.7. The summed E-state index contributed by atoms with van der Waals surface area (Å²) >= 11 is 0. The van der Waals surface area contributed by atoms with E-state index < -0.39 is 17.8 Å². The smallest absolute Gasteiger partial charge is 0.350 e. The van der Waals surface area contributed by atoms with Gasteiger partial charge < -0.3 is 10.6 Å². The number of anilines is 2. The molecule has 0 spiro atoms. The van der Waals surface area contributed by atoms with Crippen LogP contribution in [0, 0.1) is 0 Å². The second-order valence-electron chi connectivity index (χ2n) is 8.56. The van der Waals surface area contributed by atoms with Crippen LogP contribution in [0.4, 0.5) is 29.5 Å². The van der Waals surface area contributed by atoms with Crippen LogP contribution in [-0.2, 0) is 17.4 Å². The Hall–Kier alpha value is -4.67. The normalized spacial score (nSPS) is 12.0. The van der Waals surface area contributed by atoms with Crippen molar-refractivity contribution in [3.8, 4) is 11.1 Å². The lowest BCUT2D eigenvalue weighted by Gasteiger charge is -2.10. The van der Waals surface area contributed by atoms with Gasteiger partial charge in [-0.15, -0.1) is 0 Å². The molecule has 38 heavy (non-hydrogen) atoms. The molecule has 0 aliphatic rings. The molecule has 3 aromatic carbocycles. The van der Waals surface area contributed by atoms with Crippen molar-refractivity contribution in [2.75, 3.05) is 17.2 Å². The molecule has 1 aromatic heterocycles. The van der Waals surface area contributed by atoms with E-state index in [9.17, 15) is 22.8 Å². The fraction of sp³-hybridized carbons (Fsp3) is 0.185. The Bertz CT molecular complexity index is 1390. The van der Waals surface area contributed by atoms with E-state index in [4.69, 9.17) is 4.52 Å². The molecule has 4 aromatic rings. The van der Waals surface area contributed by atoms with Crippen molar-refractivity contribution in [2.45, 2.75) is 25.6 Å². The van der Waals surface area contributed by atoms with Crippen LogP contribution >= 0.6 is 0 Å². The van der Waals surface area contributed by atoms with E-state index in [2.05, 4.69) is 21.2 Å². The summed E-state index contributed by atoms with van der Waals surface area (Å²) in [5, 5.41) is 11.5. The Balaban J connectivity index is 1.43. The van der Waals surface area contributed by atoms with E-state index in [1.165, 1.54) is 29.9 Å². The average molecular weight is 525 g/mol. The zero-order valence-corrected chi connectivity index (χ0v) is 20.3. The van der Waals surface area contributed by atoms with Gasteiger partial charge in [0.05, 0.1) is 12.1 Å². The van der Waals surface area contributed by atoms with Crippen LogP contribution < -0.4 is 20.6 Å². The highest BCUT2D eigenvalue weighted by Crippen LogP contribution is 2.30. The molecule has 0 radical (unpaired) electrons. The van der Waals surface area contributed by atoms with Crippen molar-refractivity contribution < 1.29 is 32.0 Å². The molecule has 0 saturated heterocycles. The highest BCUT2D eigenvalue weighted by atomic mass is 19.4. The molecule has 0 bridgehead atoms. The van der Waals surface area contributed by atoms with Crippen LogP contribution in [0.2, 0.25) is 0 Å². The van der Waals surface area contributed by atoms with Gasteiger partial charge in [-0.1, -0.05) is 60.7 Å². The first-order valence-electron chi connectivity index (χ1n) is 11.7. The Labute approximate surface area is 216 Å². The van der Waals surface area contributed by atoms with Gasteiger partial charge in [-0.3, -0.25) is 14.6 Å². The minimum Gasteiger partial charge on any atom is -0.350 e. The lowest BCUT2D eigenvalue weighted by molar-refractivity contribution is -0.783. The van der Waals surface area contributed by atoms with Crippen LogP contribution in [0.3, 0.4) is 0 Å². The van der Waals surface area contributed by atoms with Gasteiger partial charge >= 0.3 is 18.1 Å². The van der Waals surface area contributed by atoms with Crippen LogP contribution in [0.5, 0.6) is 0 Å². The summed E-state index contributed by atoms with van der Waals surface area (Å²) in [6.45, 7) is 1.66. The van der Waals surface area contributed by atoms with Crippen molar-refractivity contribution >= 4 is 23.5 Å². The van der Waals surface area contributed by atoms with Crippen molar-refractivity contribution in [3.63, 3.8) is 0 Å². The van der Waals surface area contributed by atoms with Gasteiger partial charge in [-0.2, -0.15) is 13.2 Å². The van der Waals surface area contributed by atoms with E-state index in [0.717, 1.165) is 28.8 Å². The van der Waals surface area contributed by atoms with Crippen LogP contribution in [-0.4, -0.2) is 23.8 Å². The molecule has 1 heterocycles. The van der Waals surface area contributed by atoms with E-state index in [1.807, 2.05) is 54.6 Å². The number of hydrogen-bond donors (Lipinski definition) is 3. The van der Waals surface area contributed by atoms with Crippen molar-refractivity contribution in [2.24, 2.45) is 0 Å². The highest BCUT2D eigenvalue weighted by Gasteiger charge is 2.30. The minimum atomic E-state index is -4.53. The lowest BCUT2D eigenvalue weighted by Crippen LogP contribution is -2.47. The topological polar surface area (TPSA) is 100 Å². The molecule has 11 heteroatoms. The summed E-state index contributed by atoms with van der Waals surface area (Å²) in [7, 11) is 0. The number of benzene rings is 3. The largest absolute Gasteiger partial charge is 0.416 e. The molecule has 0 saturated carbocycles. The number of nitrogens with one attached hydrogen (secondary N) is 3. The summed E-state index contributed by atoms with van der Waals surface area (Å²) < 4.78 is 45.4. The third-order valence-corrected chi connectivity index (χ3v) is 5.66.